The fourth-order valence-corrected chi connectivity index (χ4v) is 2.27. The molecule has 0 bridgehead atoms. The molecule has 1 aliphatic heterocycles. The number of ether oxygens (including phenoxy) is 1. The van der Waals surface area contributed by atoms with Crippen LogP contribution in [0.2, 0.25) is 0 Å². The van der Waals surface area contributed by atoms with Crippen LogP contribution in [0.15, 0.2) is 0 Å². The summed E-state index contributed by atoms with van der Waals surface area (Å²) in [4.78, 5) is 0. The molecule has 0 aromatic heterocycles. The molecule has 0 amide bonds. The van der Waals surface area contributed by atoms with Gasteiger partial charge in [0.1, 0.15) is 18.3 Å². The molecule has 5 nitrogen and oxygen atoms in total. The molecule has 0 aliphatic carbocycles. The highest BCUT2D eigenvalue weighted by Gasteiger charge is 2.47. The molecule has 0 aromatic carbocycles. The average Bonchev–Trinajstić information content (AvgIpc) is 2.36. The SMILES string of the molecule is CCCCCCCC[C@@]1(O)OC[C@@H](O)[C@H](O)[C@H]1O. The van der Waals surface area contributed by atoms with Crippen LogP contribution in [0, 0.1) is 0 Å². The zero-order valence-corrected chi connectivity index (χ0v) is 11.1. The van der Waals surface area contributed by atoms with Crippen molar-refractivity contribution in [2.24, 2.45) is 0 Å². The van der Waals surface area contributed by atoms with E-state index >= 15 is 0 Å². The Bertz CT molecular complexity index is 235. The highest BCUT2D eigenvalue weighted by Crippen LogP contribution is 2.28. The monoisotopic (exact) mass is 262 g/mol. The number of hydrogen-bond donors (Lipinski definition) is 4. The molecule has 5 heteroatoms. The van der Waals surface area contributed by atoms with Gasteiger partial charge in [0.25, 0.3) is 0 Å². The highest BCUT2D eigenvalue weighted by molar-refractivity contribution is 4.91. The lowest BCUT2D eigenvalue weighted by atomic mass is 9.92. The zero-order valence-electron chi connectivity index (χ0n) is 11.1. The Morgan fingerprint density at radius 3 is 2.33 bits per heavy atom. The van der Waals surface area contributed by atoms with Crippen molar-refractivity contribution in [3.63, 3.8) is 0 Å². The first kappa shape index (κ1) is 15.9. The van der Waals surface area contributed by atoms with E-state index in [1.54, 1.807) is 0 Å². The molecule has 0 saturated carbocycles. The van der Waals surface area contributed by atoms with Crippen molar-refractivity contribution < 1.29 is 25.2 Å². The van der Waals surface area contributed by atoms with Gasteiger partial charge in [0.2, 0.25) is 0 Å². The first-order chi connectivity index (χ1) is 8.51. The first-order valence-corrected chi connectivity index (χ1v) is 6.92. The second-order valence-corrected chi connectivity index (χ2v) is 5.18. The van der Waals surface area contributed by atoms with E-state index in [0.717, 1.165) is 19.3 Å². The summed E-state index contributed by atoms with van der Waals surface area (Å²) in [5, 5.41) is 38.6. The lowest BCUT2D eigenvalue weighted by molar-refractivity contribution is -0.323. The molecule has 4 N–H and O–H groups in total. The molecule has 1 aliphatic rings. The largest absolute Gasteiger partial charge is 0.388 e. The molecule has 108 valence electrons. The Hall–Kier alpha value is -0.200. The van der Waals surface area contributed by atoms with Gasteiger partial charge in [0.05, 0.1) is 6.61 Å². The summed E-state index contributed by atoms with van der Waals surface area (Å²) in [5.74, 6) is -1.72. The number of unbranched alkanes of at least 4 members (excludes halogenated alkanes) is 5. The Kier molecular flexibility index (Phi) is 6.52. The fraction of sp³-hybridized carbons (Fsp3) is 1.00. The van der Waals surface area contributed by atoms with Crippen LogP contribution in [0.5, 0.6) is 0 Å². The molecule has 1 rings (SSSR count). The van der Waals surface area contributed by atoms with Crippen molar-refractivity contribution in [2.45, 2.75) is 76.0 Å². The van der Waals surface area contributed by atoms with Crippen molar-refractivity contribution in [1.82, 2.24) is 0 Å². The van der Waals surface area contributed by atoms with E-state index in [1.165, 1.54) is 19.3 Å². The minimum atomic E-state index is -1.72. The summed E-state index contributed by atoms with van der Waals surface area (Å²) < 4.78 is 5.08. The summed E-state index contributed by atoms with van der Waals surface area (Å²) in [6.07, 6.45) is 2.75. The van der Waals surface area contributed by atoms with Gasteiger partial charge in [-0.2, -0.15) is 0 Å². The summed E-state index contributed by atoms with van der Waals surface area (Å²) in [6, 6.07) is 0. The predicted molar refractivity (Wildman–Crippen MR) is 66.9 cm³/mol. The van der Waals surface area contributed by atoms with E-state index < -0.39 is 24.1 Å². The summed E-state index contributed by atoms with van der Waals surface area (Å²) >= 11 is 0. The maximum Gasteiger partial charge on any atom is 0.194 e. The second-order valence-electron chi connectivity index (χ2n) is 5.18. The van der Waals surface area contributed by atoms with Gasteiger partial charge in [-0.25, -0.2) is 0 Å². The molecule has 4 atom stereocenters. The van der Waals surface area contributed by atoms with E-state index in [4.69, 9.17) is 4.74 Å². The van der Waals surface area contributed by atoms with Crippen LogP contribution < -0.4 is 0 Å². The van der Waals surface area contributed by atoms with Gasteiger partial charge in [-0.3, -0.25) is 0 Å². The van der Waals surface area contributed by atoms with Crippen molar-refractivity contribution in [2.75, 3.05) is 6.61 Å². The summed E-state index contributed by atoms with van der Waals surface area (Å²) in [5.41, 5.74) is 0. The van der Waals surface area contributed by atoms with Gasteiger partial charge in [0, 0.05) is 6.42 Å². The third-order valence-electron chi connectivity index (χ3n) is 3.57. The Labute approximate surface area is 108 Å². The van der Waals surface area contributed by atoms with E-state index in [2.05, 4.69) is 6.92 Å². The summed E-state index contributed by atoms with van der Waals surface area (Å²) in [6.45, 7) is 2.01. The smallest absolute Gasteiger partial charge is 0.194 e. The number of rotatable bonds is 7. The van der Waals surface area contributed by atoms with Crippen molar-refractivity contribution in [3.05, 3.63) is 0 Å². The van der Waals surface area contributed by atoms with Crippen molar-refractivity contribution in [3.8, 4) is 0 Å². The lowest BCUT2D eigenvalue weighted by Crippen LogP contribution is -2.60. The predicted octanol–water partition coefficient (Wildman–Crippen LogP) is 0.538. The average molecular weight is 262 g/mol. The molecule has 0 unspecified atom stereocenters. The fourth-order valence-electron chi connectivity index (χ4n) is 2.27. The summed E-state index contributed by atoms with van der Waals surface area (Å²) in [7, 11) is 0. The van der Waals surface area contributed by atoms with Crippen LogP contribution in [-0.4, -0.2) is 51.1 Å². The van der Waals surface area contributed by atoms with Crippen LogP contribution >= 0.6 is 0 Å². The van der Waals surface area contributed by atoms with Crippen molar-refractivity contribution >= 4 is 0 Å². The molecule has 1 saturated heterocycles. The standard InChI is InChI=1S/C13H26O5/c1-2-3-4-5-6-7-8-13(17)12(16)11(15)10(14)9-18-13/h10-12,14-17H,2-9H2,1H3/t10-,11+,12-,13-/m1/s1. The molecule has 0 aromatic rings. The Balaban J connectivity index is 2.27. The quantitative estimate of drug-likeness (QED) is 0.503. The molecule has 18 heavy (non-hydrogen) atoms. The number of aliphatic hydroxyl groups is 4. The molecule has 1 fully saturated rings. The van der Waals surface area contributed by atoms with Crippen LogP contribution in [0.4, 0.5) is 0 Å². The van der Waals surface area contributed by atoms with E-state index in [-0.39, 0.29) is 13.0 Å². The van der Waals surface area contributed by atoms with Gasteiger partial charge < -0.3 is 25.2 Å². The van der Waals surface area contributed by atoms with Crippen LogP contribution in [-0.2, 0) is 4.74 Å². The second kappa shape index (κ2) is 7.40. The third kappa shape index (κ3) is 4.17. The first-order valence-electron chi connectivity index (χ1n) is 6.92. The topological polar surface area (TPSA) is 90.2 Å². The molecule has 0 spiro atoms. The van der Waals surface area contributed by atoms with Crippen LogP contribution in [0.25, 0.3) is 0 Å². The highest BCUT2D eigenvalue weighted by atomic mass is 16.6. The maximum atomic E-state index is 10.1. The van der Waals surface area contributed by atoms with E-state index in [1.807, 2.05) is 0 Å². The van der Waals surface area contributed by atoms with Gasteiger partial charge in [-0.1, -0.05) is 39.0 Å². The normalized spacial score (nSPS) is 36.8. The molecular formula is C13H26O5. The molecule has 1 heterocycles. The minimum Gasteiger partial charge on any atom is -0.388 e. The minimum absolute atomic E-state index is 0.148. The van der Waals surface area contributed by atoms with Gasteiger partial charge in [-0.05, 0) is 6.42 Å². The van der Waals surface area contributed by atoms with Crippen LogP contribution in [0.1, 0.15) is 51.9 Å². The van der Waals surface area contributed by atoms with Gasteiger partial charge in [-0.15, -0.1) is 0 Å². The molecular weight excluding hydrogens is 236 g/mol. The Morgan fingerprint density at radius 1 is 1.06 bits per heavy atom. The third-order valence-corrected chi connectivity index (χ3v) is 3.57. The zero-order chi connectivity index (χ0) is 13.6. The number of hydrogen-bond acceptors (Lipinski definition) is 5. The number of aliphatic hydroxyl groups excluding tert-OH is 3. The molecule has 0 radical (unpaired) electrons. The van der Waals surface area contributed by atoms with Crippen molar-refractivity contribution in [1.29, 1.82) is 0 Å². The maximum absolute atomic E-state index is 10.1. The van der Waals surface area contributed by atoms with E-state index in [9.17, 15) is 20.4 Å². The van der Waals surface area contributed by atoms with Gasteiger partial charge in [0.15, 0.2) is 5.79 Å². The van der Waals surface area contributed by atoms with Gasteiger partial charge >= 0.3 is 0 Å². The van der Waals surface area contributed by atoms with E-state index in [0.29, 0.717) is 0 Å². The van der Waals surface area contributed by atoms with Crippen LogP contribution in [0.3, 0.4) is 0 Å². The Morgan fingerprint density at radius 2 is 1.67 bits per heavy atom. The lowest BCUT2D eigenvalue weighted by Gasteiger charge is -2.41.